The highest BCUT2D eigenvalue weighted by molar-refractivity contribution is 5.79. The maximum Gasteiger partial charge on any atom is 0.223 e. The second-order valence-electron chi connectivity index (χ2n) is 6.53. The van der Waals surface area contributed by atoms with E-state index in [9.17, 15) is 4.79 Å². The van der Waals surface area contributed by atoms with Crippen molar-refractivity contribution < 1.29 is 4.79 Å². The van der Waals surface area contributed by atoms with Gasteiger partial charge in [-0.15, -0.1) is 0 Å². The van der Waals surface area contributed by atoms with E-state index in [1.165, 1.54) is 12.8 Å². The molecule has 1 heterocycles. The number of carbonyl (C=O) groups excluding carboxylic acids is 1. The van der Waals surface area contributed by atoms with Gasteiger partial charge in [0.1, 0.15) is 0 Å². The normalized spacial score (nSPS) is 37.0. The first-order valence-corrected chi connectivity index (χ1v) is 7.80. The summed E-state index contributed by atoms with van der Waals surface area (Å²) in [5.74, 6) is 1.36. The summed E-state index contributed by atoms with van der Waals surface area (Å²) in [5.41, 5.74) is 5.82. The summed E-state index contributed by atoms with van der Waals surface area (Å²) in [6, 6.07) is 0.351. The minimum Gasteiger partial charge on any atom is -0.353 e. The van der Waals surface area contributed by atoms with Crippen LogP contribution in [-0.4, -0.2) is 43.5 Å². The Bertz CT molecular complexity index is 308. The molecule has 2 aliphatic rings. The predicted octanol–water partition coefficient (Wildman–Crippen LogP) is 1.21. The number of hydrogen-bond donors (Lipinski definition) is 2. The fraction of sp³-hybridized carbons (Fsp3) is 0.933. The summed E-state index contributed by atoms with van der Waals surface area (Å²) >= 11 is 0. The van der Waals surface area contributed by atoms with Crippen LogP contribution < -0.4 is 11.1 Å². The van der Waals surface area contributed by atoms with Crippen LogP contribution >= 0.6 is 0 Å². The molecule has 0 aromatic carbocycles. The Balaban J connectivity index is 1.89. The first-order chi connectivity index (χ1) is 9.11. The lowest BCUT2D eigenvalue weighted by Gasteiger charge is -2.37. The molecule has 3 N–H and O–H groups in total. The molecule has 2 fully saturated rings. The van der Waals surface area contributed by atoms with Gasteiger partial charge in [-0.3, -0.25) is 4.79 Å². The summed E-state index contributed by atoms with van der Waals surface area (Å²) in [5, 5.41) is 3.30. The molecule has 4 nitrogen and oxygen atoms in total. The lowest BCUT2D eigenvalue weighted by molar-refractivity contribution is -0.129. The van der Waals surface area contributed by atoms with E-state index < -0.39 is 0 Å². The van der Waals surface area contributed by atoms with Crippen molar-refractivity contribution in [2.45, 2.75) is 45.1 Å². The highest BCUT2D eigenvalue weighted by Crippen LogP contribution is 2.30. The van der Waals surface area contributed by atoms with Crippen LogP contribution in [0.25, 0.3) is 0 Å². The fourth-order valence-electron chi connectivity index (χ4n) is 3.69. The molecule has 19 heavy (non-hydrogen) atoms. The molecule has 0 aromatic rings. The van der Waals surface area contributed by atoms with Crippen molar-refractivity contribution in [3.05, 3.63) is 0 Å². The van der Waals surface area contributed by atoms with Gasteiger partial charge >= 0.3 is 0 Å². The first kappa shape index (κ1) is 14.8. The van der Waals surface area contributed by atoms with Crippen molar-refractivity contribution in [1.29, 1.82) is 0 Å². The summed E-state index contributed by atoms with van der Waals surface area (Å²) in [4.78, 5) is 14.8. The fourth-order valence-corrected chi connectivity index (χ4v) is 3.69. The Morgan fingerprint density at radius 2 is 2.05 bits per heavy atom. The van der Waals surface area contributed by atoms with Crippen molar-refractivity contribution in [3.63, 3.8) is 0 Å². The quantitative estimate of drug-likeness (QED) is 0.808. The van der Waals surface area contributed by atoms with Crippen molar-refractivity contribution in [2.24, 2.45) is 23.5 Å². The zero-order valence-electron chi connectivity index (χ0n) is 12.4. The summed E-state index contributed by atoms with van der Waals surface area (Å²) < 4.78 is 0. The summed E-state index contributed by atoms with van der Waals surface area (Å²) in [6.07, 6.45) is 5.63. The minimum absolute atomic E-state index is 0.158. The van der Waals surface area contributed by atoms with E-state index >= 15 is 0 Å². The van der Waals surface area contributed by atoms with E-state index in [0.717, 1.165) is 32.4 Å². The van der Waals surface area contributed by atoms with Crippen molar-refractivity contribution in [2.75, 3.05) is 26.7 Å². The molecule has 1 amide bonds. The van der Waals surface area contributed by atoms with Gasteiger partial charge < -0.3 is 16.0 Å². The van der Waals surface area contributed by atoms with Gasteiger partial charge in [-0.1, -0.05) is 19.8 Å². The highest BCUT2D eigenvalue weighted by Gasteiger charge is 2.33. The van der Waals surface area contributed by atoms with Gasteiger partial charge in [-0.05, 0) is 51.2 Å². The molecule has 1 aliphatic carbocycles. The maximum absolute atomic E-state index is 12.5. The lowest BCUT2D eigenvalue weighted by atomic mass is 9.78. The van der Waals surface area contributed by atoms with E-state index in [2.05, 4.69) is 24.2 Å². The number of piperidine rings is 1. The first-order valence-electron chi connectivity index (χ1n) is 7.80. The Morgan fingerprint density at radius 1 is 1.32 bits per heavy atom. The molecule has 4 atom stereocenters. The number of rotatable bonds is 3. The van der Waals surface area contributed by atoms with E-state index in [1.54, 1.807) is 0 Å². The third kappa shape index (κ3) is 3.69. The Labute approximate surface area is 117 Å². The SMILES string of the molecule is CC1CN(C)CCC1NC(=O)C1CCCCC1CN. The molecule has 1 saturated carbocycles. The molecular formula is C15H29N3O. The maximum atomic E-state index is 12.5. The molecule has 1 aliphatic heterocycles. The van der Waals surface area contributed by atoms with Gasteiger partial charge in [0.15, 0.2) is 0 Å². The molecule has 1 saturated heterocycles. The van der Waals surface area contributed by atoms with Crippen LogP contribution in [0.15, 0.2) is 0 Å². The Hall–Kier alpha value is -0.610. The van der Waals surface area contributed by atoms with E-state index in [-0.39, 0.29) is 11.8 Å². The molecule has 2 rings (SSSR count). The van der Waals surface area contributed by atoms with E-state index in [1.807, 2.05) is 0 Å². The average Bonchev–Trinajstić information content (AvgIpc) is 2.41. The summed E-state index contributed by atoms with van der Waals surface area (Å²) in [7, 11) is 2.15. The molecular weight excluding hydrogens is 238 g/mol. The predicted molar refractivity (Wildman–Crippen MR) is 77.7 cm³/mol. The molecule has 110 valence electrons. The lowest BCUT2D eigenvalue weighted by Crippen LogP contribution is -2.51. The number of nitrogens with two attached hydrogens (primary N) is 1. The van der Waals surface area contributed by atoms with Gasteiger partial charge in [0.25, 0.3) is 0 Å². The van der Waals surface area contributed by atoms with Crippen LogP contribution in [0.3, 0.4) is 0 Å². The van der Waals surface area contributed by atoms with Crippen LogP contribution in [0.2, 0.25) is 0 Å². The molecule has 4 heteroatoms. The zero-order chi connectivity index (χ0) is 13.8. The third-order valence-electron chi connectivity index (χ3n) is 4.98. The van der Waals surface area contributed by atoms with Crippen LogP contribution in [0.4, 0.5) is 0 Å². The van der Waals surface area contributed by atoms with Crippen molar-refractivity contribution in [1.82, 2.24) is 10.2 Å². The highest BCUT2D eigenvalue weighted by atomic mass is 16.2. The molecule has 0 aromatic heterocycles. The molecule has 0 radical (unpaired) electrons. The molecule has 0 bridgehead atoms. The molecule has 4 unspecified atom stereocenters. The number of nitrogens with zero attached hydrogens (tertiary/aromatic N) is 1. The largest absolute Gasteiger partial charge is 0.353 e. The summed E-state index contributed by atoms with van der Waals surface area (Å²) in [6.45, 7) is 5.05. The van der Waals surface area contributed by atoms with Crippen molar-refractivity contribution >= 4 is 5.91 Å². The van der Waals surface area contributed by atoms with E-state index in [4.69, 9.17) is 5.73 Å². The Morgan fingerprint density at radius 3 is 2.74 bits per heavy atom. The van der Waals surface area contributed by atoms with Crippen molar-refractivity contribution in [3.8, 4) is 0 Å². The molecule has 0 spiro atoms. The average molecular weight is 267 g/mol. The number of carbonyl (C=O) groups is 1. The van der Waals surface area contributed by atoms with Gasteiger partial charge in [-0.25, -0.2) is 0 Å². The number of likely N-dealkylation sites (tertiary alicyclic amines) is 1. The van der Waals surface area contributed by atoms with Crippen LogP contribution in [0, 0.1) is 17.8 Å². The van der Waals surface area contributed by atoms with E-state index in [0.29, 0.717) is 24.4 Å². The van der Waals surface area contributed by atoms with Crippen LogP contribution in [-0.2, 0) is 4.79 Å². The smallest absolute Gasteiger partial charge is 0.223 e. The van der Waals surface area contributed by atoms with Gasteiger partial charge in [0.2, 0.25) is 5.91 Å². The number of hydrogen-bond acceptors (Lipinski definition) is 3. The number of nitrogens with one attached hydrogen (secondary N) is 1. The monoisotopic (exact) mass is 267 g/mol. The van der Waals surface area contributed by atoms with Gasteiger partial charge in [0, 0.05) is 18.5 Å². The number of amides is 1. The van der Waals surface area contributed by atoms with Crippen LogP contribution in [0.5, 0.6) is 0 Å². The Kier molecular flexibility index (Phi) is 5.22. The minimum atomic E-state index is 0.158. The standard InChI is InChI=1S/C15H29N3O/c1-11-10-18(2)8-7-14(11)17-15(19)13-6-4-3-5-12(13)9-16/h11-14H,3-10,16H2,1-2H3,(H,17,19). The topological polar surface area (TPSA) is 58.4 Å². The van der Waals surface area contributed by atoms with Crippen LogP contribution in [0.1, 0.15) is 39.0 Å². The second-order valence-corrected chi connectivity index (χ2v) is 6.53. The van der Waals surface area contributed by atoms with Gasteiger partial charge in [0.05, 0.1) is 0 Å². The third-order valence-corrected chi connectivity index (χ3v) is 4.98. The second kappa shape index (κ2) is 6.71. The van der Waals surface area contributed by atoms with Gasteiger partial charge in [-0.2, -0.15) is 0 Å². The zero-order valence-corrected chi connectivity index (χ0v) is 12.4.